The SMILES string of the molecule is COc1ccc(Nc2nc(=O)n(Cc3ccc[nH]c3=O)c(=O)n2Cc2cc(F)c(F)c(F)c2)c(Br)c1. The van der Waals surface area contributed by atoms with E-state index in [0.29, 0.717) is 20.5 Å². The van der Waals surface area contributed by atoms with E-state index in [4.69, 9.17) is 4.74 Å². The van der Waals surface area contributed by atoms with Gasteiger partial charge in [-0.1, -0.05) is 6.07 Å². The zero-order valence-electron chi connectivity index (χ0n) is 18.5. The third-order valence-corrected chi connectivity index (χ3v) is 5.84. The first-order valence-corrected chi connectivity index (χ1v) is 11.1. The van der Waals surface area contributed by atoms with Gasteiger partial charge < -0.3 is 15.0 Å². The highest BCUT2D eigenvalue weighted by Crippen LogP contribution is 2.29. The molecule has 0 radical (unpaired) electrons. The number of H-pyrrole nitrogens is 1. The molecule has 0 aliphatic carbocycles. The fourth-order valence-corrected chi connectivity index (χ4v) is 3.84. The highest BCUT2D eigenvalue weighted by Gasteiger charge is 2.18. The Morgan fingerprint density at radius 3 is 2.39 bits per heavy atom. The average molecular weight is 564 g/mol. The van der Waals surface area contributed by atoms with Gasteiger partial charge in [-0.3, -0.25) is 9.36 Å². The molecule has 4 aromatic rings. The van der Waals surface area contributed by atoms with E-state index in [1.807, 2.05) is 0 Å². The number of aromatic nitrogens is 4. The number of rotatable bonds is 7. The van der Waals surface area contributed by atoms with Crippen molar-refractivity contribution in [3.05, 3.63) is 113 Å². The van der Waals surface area contributed by atoms with Crippen LogP contribution in [0.3, 0.4) is 0 Å². The number of aromatic amines is 1. The smallest absolute Gasteiger partial charge is 0.355 e. The van der Waals surface area contributed by atoms with Gasteiger partial charge in [-0.15, -0.1) is 0 Å². The third-order valence-electron chi connectivity index (χ3n) is 5.19. The van der Waals surface area contributed by atoms with Crippen LogP contribution in [0.4, 0.5) is 24.8 Å². The van der Waals surface area contributed by atoms with E-state index in [-0.39, 0.29) is 17.1 Å². The first-order valence-electron chi connectivity index (χ1n) is 10.3. The van der Waals surface area contributed by atoms with Crippen molar-refractivity contribution in [3.63, 3.8) is 0 Å². The lowest BCUT2D eigenvalue weighted by Gasteiger charge is -2.17. The van der Waals surface area contributed by atoms with Crippen LogP contribution in [0.15, 0.2) is 67.5 Å². The Hall–Kier alpha value is -4.13. The summed E-state index contributed by atoms with van der Waals surface area (Å²) in [5, 5.41) is 2.84. The van der Waals surface area contributed by atoms with Crippen LogP contribution >= 0.6 is 15.9 Å². The fourth-order valence-electron chi connectivity index (χ4n) is 3.38. The summed E-state index contributed by atoms with van der Waals surface area (Å²) in [6.45, 7) is -0.874. The molecule has 2 heterocycles. The van der Waals surface area contributed by atoms with E-state index in [1.54, 1.807) is 18.2 Å². The highest BCUT2D eigenvalue weighted by molar-refractivity contribution is 9.10. The molecule has 36 heavy (non-hydrogen) atoms. The van der Waals surface area contributed by atoms with E-state index < -0.39 is 47.5 Å². The number of nitrogens with one attached hydrogen (secondary N) is 2. The monoisotopic (exact) mass is 563 g/mol. The minimum Gasteiger partial charge on any atom is -0.497 e. The highest BCUT2D eigenvalue weighted by atomic mass is 79.9. The molecular formula is C23H17BrF3N5O4. The van der Waals surface area contributed by atoms with Gasteiger partial charge in [0, 0.05) is 16.2 Å². The molecule has 2 aromatic carbocycles. The Bertz CT molecular complexity index is 1610. The van der Waals surface area contributed by atoms with E-state index in [0.717, 1.165) is 16.7 Å². The second-order valence-corrected chi connectivity index (χ2v) is 8.40. The van der Waals surface area contributed by atoms with Gasteiger partial charge >= 0.3 is 11.4 Å². The zero-order valence-corrected chi connectivity index (χ0v) is 20.1. The lowest BCUT2D eigenvalue weighted by atomic mass is 10.2. The van der Waals surface area contributed by atoms with Gasteiger partial charge in [0.25, 0.3) is 5.56 Å². The van der Waals surface area contributed by atoms with E-state index in [9.17, 15) is 27.6 Å². The van der Waals surface area contributed by atoms with Crippen LogP contribution < -0.4 is 27.0 Å². The topological polar surface area (TPSA) is 111 Å². The maximum atomic E-state index is 13.8. The van der Waals surface area contributed by atoms with Crippen molar-refractivity contribution < 1.29 is 17.9 Å². The van der Waals surface area contributed by atoms with Crippen LogP contribution in [0.2, 0.25) is 0 Å². The number of hydrogen-bond donors (Lipinski definition) is 2. The Kier molecular flexibility index (Phi) is 7.10. The normalized spacial score (nSPS) is 10.9. The fraction of sp³-hybridized carbons (Fsp3) is 0.130. The summed E-state index contributed by atoms with van der Waals surface area (Å²) in [6, 6.07) is 9.24. The minimum atomic E-state index is -1.65. The summed E-state index contributed by atoms with van der Waals surface area (Å²) in [5.41, 5.74) is -2.00. The van der Waals surface area contributed by atoms with Crippen LogP contribution in [-0.2, 0) is 13.1 Å². The van der Waals surface area contributed by atoms with Crippen molar-refractivity contribution in [1.82, 2.24) is 19.1 Å². The number of hydrogen-bond acceptors (Lipinski definition) is 6. The molecule has 2 N–H and O–H groups in total. The molecule has 13 heteroatoms. The molecule has 0 spiro atoms. The summed E-state index contributed by atoms with van der Waals surface area (Å²) >= 11 is 3.35. The molecule has 0 fully saturated rings. The molecule has 0 saturated heterocycles. The van der Waals surface area contributed by atoms with Gasteiger partial charge in [-0.25, -0.2) is 27.3 Å². The van der Waals surface area contributed by atoms with Crippen molar-refractivity contribution in [3.8, 4) is 5.75 Å². The standard InChI is InChI=1S/C23H17BrF3N5O4/c1-36-14-4-5-18(15(24)9-14)29-21-30-22(34)32(11-13-3-2-6-28-20(13)33)23(35)31(21)10-12-7-16(25)19(27)17(26)8-12/h2-9H,10-11H2,1H3,(H,28,33)(H,29,30,34). The summed E-state index contributed by atoms with van der Waals surface area (Å²) in [7, 11) is 1.48. The molecular weight excluding hydrogens is 547 g/mol. The number of ether oxygens (including phenoxy) is 1. The third kappa shape index (κ3) is 5.10. The van der Waals surface area contributed by atoms with Crippen LogP contribution in [0.5, 0.6) is 5.75 Å². The van der Waals surface area contributed by atoms with Crippen molar-refractivity contribution in [2.75, 3.05) is 12.4 Å². The minimum absolute atomic E-state index is 0.102. The number of benzene rings is 2. The second kappa shape index (κ2) is 10.2. The van der Waals surface area contributed by atoms with Crippen LogP contribution in [0, 0.1) is 17.5 Å². The van der Waals surface area contributed by atoms with Crippen LogP contribution in [0.1, 0.15) is 11.1 Å². The molecule has 0 aliphatic rings. The predicted octanol–water partition coefficient (Wildman–Crippen LogP) is 3.12. The number of halogens is 4. The number of pyridine rings is 1. The molecule has 0 unspecified atom stereocenters. The molecule has 0 amide bonds. The van der Waals surface area contributed by atoms with Crippen LogP contribution in [-0.4, -0.2) is 26.2 Å². The number of anilines is 2. The molecule has 9 nitrogen and oxygen atoms in total. The average Bonchev–Trinajstić information content (AvgIpc) is 2.84. The lowest BCUT2D eigenvalue weighted by Crippen LogP contribution is -2.43. The summed E-state index contributed by atoms with van der Waals surface area (Å²) < 4.78 is 48.4. The quantitative estimate of drug-likeness (QED) is 0.334. The molecule has 0 bridgehead atoms. The first kappa shape index (κ1) is 25.0. The Morgan fingerprint density at radius 2 is 1.75 bits per heavy atom. The van der Waals surface area contributed by atoms with Gasteiger partial charge in [-0.05, 0) is 57.9 Å². The van der Waals surface area contributed by atoms with Gasteiger partial charge in [0.15, 0.2) is 17.5 Å². The van der Waals surface area contributed by atoms with E-state index in [1.165, 1.54) is 25.4 Å². The van der Waals surface area contributed by atoms with Crippen molar-refractivity contribution in [1.29, 1.82) is 0 Å². The van der Waals surface area contributed by atoms with E-state index in [2.05, 4.69) is 31.2 Å². The Balaban J connectivity index is 1.85. The van der Waals surface area contributed by atoms with Gasteiger partial charge in [0.05, 0.1) is 25.9 Å². The molecule has 2 aromatic heterocycles. The van der Waals surface area contributed by atoms with Gasteiger partial charge in [0.2, 0.25) is 5.95 Å². The first-order chi connectivity index (χ1) is 17.2. The molecule has 0 saturated carbocycles. The summed E-state index contributed by atoms with van der Waals surface area (Å²) in [5.74, 6) is -4.26. The van der Waals surface area contributed by atoms with Crippen LogP contribution in [0.25, 0.3) is 0 Å². The Morgan fingerprint density at radius 1 is 1.03 bits per heavy atom. The molecule has 0 aliphatic heterocycles. The molecule has 4 rings (SSSR count). The second-order valence-electron chi connectivity index (χ2n) is 7.54. The lowest BCUT2D eigenvalue weighted by molar-refractivity contribution is 0.414. The van der Waals surface area contributed by atoms with Gasteiger partial charge in [0.1, 0.15) is 5.75 Å². The van der Waals surface area contributed by atoms with Crippen molar-refractivity contribution >= 4 is 27.6 Å². The number of nitrogens with zero attached hydrogens (tertiary/aromatic N) is 3. The molecule has 186 valence electrons. The Labute approximate surface area is 209 Å². The number of methoxy groups -OCH3 is 1. The maximum Gasteiger partial charge on any atom is 0.355 e. The zero-order chi connectivity index (χ0) is 26.0. The van der Waals surface area contributed by atoms with Crippen molar-refractivity contribution in [2.24, 2.45) is 0 Å². The van der Waals surface area contributed by atoms with E-state index >= 15 is 0 Å². The molecule has 0 atom stereocenters. The predicted molar refractivity (Wildman–Crippen MR) is 128 cm³/mol. The largest absolute Gasteiger partial charge is 0.497 e. The summed E-state index contributed by atoms with van der Waals surface area (Å²) in [6.07, 6.45) is 1.39. The van der Waals surface area contributed by atoms with Gasteiger partial charge in [-0.2, -0.15) is 4.98 Å². The summed E-state index contributed by atoms with van der Waals surface area (Å²) in [4.78, 5) is 44.6. The van der Waals surface area contributed by atoms with Crippen molar-refractivity contribution in [2.45, 2.75) is 13.1 Å². The maximum absolute atomic E-state index is 13.8.